The van der Waals surface area contributed by atoms with Gasteiger partial charge in [0.2, 0.25) is 23.6 Å². The van der Waals surface area contributed by atoms with Gasteiger partial charge in [-0.05, 0) is 43.7 Å². The second-order valence-electron chi connectivity index (χ2n) is 12.0. The molecule has 2 rings (SSSR count). The number of nitrogens with zero attached hydrogens (tertiary/aromatic N) is 2. The maximum atomic E-state index is 13.8. The summed E-state index contributed by atoms with van der Waals surface area (Å²) in [5.74, 6) is -2.29. The van der Waals surface area contributed by atoms with Gasteiger partial charge in [-0.25, -0.2) is 0 Å². The Morgan fingerprint density at radius 2 is 1.27 bits per heavy atom. The smallest absolute Gasteiger partial charge is 0.243 e. The van der Waals surface area contributed by atoms with Gasteiger partial charge in [0.15, 0.2) is 11.9 Å². The zero-order valence-electron chi connectivity index (χ0n) is 28.1. The number of nitrogens with two attached hydrogens (primary N) is 5. The van der Waals surface area contributed by atoms with Crippen LogP contribution < -0.4 is 44.6 Å². The Labute approximate surface area is 282 Å². The highest BCUT2D eigenvalue weighted by atomic mass is 16.2. The molecule has 0 spiro atoms. The van der Waals surface area contributed by atoms with Crippen molar-refractivity contribution in [3.63, 3.8) is 0 Å². The number of guanidine groups is 2. The Balaban J connectivity index is 2.21. The van der Waals surface area contributed by atoms with E-state index >= 15 is 0 Å². The minimum atomic E-state index is -1.10. The first-order valence-electron chi connectivity index (χ1n) is 16.9. The summed E-state index contributed by atoms with van der Waals surface area (Å²) in [5, 5.41) is 9.23. The molecule has 1 aromatic heterocycles. The van der Waals surface area contributed by atoms with Crippen LogP contribution in [0.25, 0.3) is 10.9 Å². The van der Waals surface area contributed by atoms with Crippen LogP contribution in [-0.2, 0) is 25.6 Å². The molecule has 14 N–H and O–H groups in total. The average Bonchev–Trinajstić information content (AvgIpc) is 3.45. The number of aromatic amines is 1. The van der Waals surface area contributed by atoms with Crippen molar-refractivity contribution in [3.05, 3.63) is 36.0 Å². The first-order valence-corrected chi connectivity index (χ1v) is 16.9. The molecule has 0 fully saturated rings. The molecule has 2 aromatic rings. The minimum absolute atomic E-state index is 0.0725. The van der Waals surface area contributed by atoms with E-state index < -0.39 is 35.8 Å². The predicted octanol–water partition coefficient (Wildman–Crippen LogP) is 0.898. The zero-order valence-corrected chi connectivity index (χ0v) is 28.1. The Kier molecular flexibility index (Phi) is 17.9. The molecule has 1 aromatic carbocycles. The fourth-order valence-electron chi connectivity index (χ4n) is 5.34. The monoisotopic (exact) mass is 669 g/mol. The molecule has 48 heavy (non-hydrogen) atoms. The zero-order chi connectivity index (χ0) is 35.3. The lowest BCUT2D eigenvalue weighted by molar-refractivity contribution is -0.133. The van der Waals surface area contributed by atoms with Crippen LogP contribution in [0.2, 0.25) is 0 Å². The third-order valence-corrected chi connectivity index (χ3v) is 7.94. The largest absolute Gasteiger partial charge is 0.370 e. The number of benzene rings is 1. The van der Waals surface area contributed by atoms with Gasteiger partial charge in [-0.2, -0.15) is 0 Å². The molecule has 0 saturated heterocycles. The molecule has 266 valence electrons. The van der Waals surface area contributed by atoms with Crippen molar-refractivity contribution in [2.45, 2.75) is 109 Å². The number of fused-ring (bicyclic) bond motifs is 1. The van der Waals surface area contributed by atoms with Crippen LogP contribution in [0.15, 0.2) is 40.4 Å². The summed E-state index contributed by atoms with van der Waals surface area (Å²) in [6.45, 7) is 2.68. The number of primary amides is 1. The van der Waals surface area contributed by atoms with Crippen LogP contribution in [0.3, 0.4) is 0 Å². The summed E-state index contributed by atoms with van der Waals surface area (Å²) in [4.78, 5) is 63.7. The number of para-hydroxylation sites is 1. The van der Waals surface area contributed by atoms with E-state index in [1.165, 1.54) is 19.3 Å². The molecule has 15 heteroatoms. The standard InChI is InChI=1S/C33H55N11O4/c1-2-3-4-5-6-7-8-17-28(45)42-26(16-12-19-40-33(37)38)30(47)44-27(20-22-21-41-24-14-10-9-13-23(22)24)31(48)43-25(29(34)46)15-11-18-39-32(35)36/h9-10,13-14,21,25-27,41H,2-8,11-12,15-20H2,1H3,(H2,34,46)(H,42,45)(H,43,48)(H,44,47)(H4,35,36,39)(H4,37,38,40)/t25-,26-,27-/m0/s1. The third kappa shape index (κ3) is 15.2. The number of hydrogen-bond acceptors (Lipinski definition) is 6. The number of aliphatic imine (C=N–C) groups is 2. The Bertz CT molecular complexity index is 1370. The van der Waals surface area contributed by atoms with Gasteiger partial charge in [-0.1, -0.05) is 63.6 Å². The number of unbranched alkanes of at least 4 members (excludes halogenated alkanes) is 6. The molecule has 0 aliphatic carbocycles. The fraction of sp³-hybridized carbons (Fsp3) is 0.576. The Morgan fingerprint density at radius 1 is 0.708 bits per heavy atom. The maximum Gasteiger partial charge on any atom is 0.243 e. The van der Waals surface area contributed by atoms with Crippen LogP contribution in [-0.4, -0.2) is 71.7 Å². The molecule has 15 nitrogen and oxygen atoms in total. The topological polar surface area (TPSA) is 275 Å². The lowest BCUT2D eigenvalue weighted by atomic mass is 10.0. The van der Waals surface area contributed by atoms with Crippen LogP contribution in [0, 0.1) is 0 Å². The lowest BCUT2D eigenvalue weighted by Crippen LogP contribution is -2.57. The van der Waals surface area contributed by atoms with Crippen LogP contribution in [0.5, 0.6) is 0 Å². The van der Waals surface area contributed by atoms with E-state index in [-0.39, 0.29) is 56.6 Å². The highest BCUT2D eigenvalue weighted by molar-refractivity contribution is 5.94. The van der Waals surface area contributed by atoms with Crippen molar-refractivity contribution in [1.82, 2.24) is 20.9 Å². The number of H-pyrrole nitrogens is 1. The molecule has 0 radical (unpaired) electrons. The molecule has 0 bridgehead atoms. The highest BCUT2D eigenvalue weighted by Crippen LogP contribution is 2.19. The second-order valence-corrected chi connectivity index (χ2v) is 12.0. The number of carbonyl (C=O) groups is 4. The minimum Gasteiger partial charge on any atom is -0.370 e. The van der Waals surface area contributed by atoms with Gasteiger partial charge >= 0.3 is 0 Å². The number of amides is 4. The number of hydrogen-bond donors (Lipinski definition) is 9. The summed E-state index contributed by atoms with van der Waals surface area (Å²) in [6.07, 6.45) is 10.8. The van der Waals surface area contributed by atoms with E-state index in [1.54, 1.807) is 6.20 Å². The third-order valence-electron chi connectivity index (χ3n) is 7.94. The molecule has 0 aliphatic rings. The van der Waals surface area contributed by atoms with Gasteiger partial charge in [0.05, 0.1) is 0 Å². The number of nitrogens with one attached hydrogen (secondary N) is 4. The van der Waals surface area contributed by atoms with E-state index in [1.807, 2.05) is 24.3 Å². The van der Waals surface area contributed by atoms with Crippen molar-refractivity contribution >= 4 is 46.5 Å². The first-order chi connectivity index (χ1) is 23.0. The van der Waals surface area contributed by atoms with E-state index in [4.69, 9.17) is 28.7 Å². The fourth-order valence-corrected chi connectivity index (χ4v) is 5.34. The van der Waals surface area contributed by atoms with Gasteiger partial charge in [0.1, 0.15) is 18.1 Å². The Hall–Kier alpha value is -4.82. The van der Waals surface area contributed by atoms with Gasteiger partial charge in [-0.15, -0.1) is 0 Å². The predicted molar refractivity (Wildman–Crippen MR) is 189 cm³/mol. The van der Waals surface area contributed by atoms with Crippen molar-refractivity contribution in [2.75, 3.05) is 13.1 Å². The van der Waals surface area contributed by atoms with E-state index in [2.05, 4.69) is 37.8 Å². The molecule has 1 heterocycles. The number of aromatic nitrogens is 1. The van der Waals surface area contributed by atoms with Crippen LogP contribution in [0.4, 0.5) is 0 Å². The molecule has 0 saturated carbocycles. The van der Waals surface area contributed by atoms with Gasteiger partial charge in [0.25, 0.3) is 0 Å². The molecular weight excluding hydrogens is 614 g/mol. The summed E-state index contributed by atoms with van der Waals surface area (Å²) in [5.41, 5.74) is 28.9. The molecule has 0 unspecified atom stereocenters. The van der Waals surface area contributed by atoms with Gasteiger partial charge in [0, 0.05) is 43.0 Å². The van der Waals surface area contributed by atoms with Crippen molar-refractivity contribution in [3.8, 4) is 0 Å². The molecular formula is C33H55N11O4. The summed E-state index contributed by atoms with van der Waals surface area (Å²) in [7, 11) is 0. The average molecular weight is 670 g/mol. The quantitative estimate of drug-likeness (QED) is 0.0439. The molecule has 3 atom stereocenters. The van der Waals surface area contributed by atoms with Crippen LogP contribution in [0.1, 0.15) is 89.5 Å². The summed E-state index contributed by atoms with van der Waals surface area (Å²) >= 11 is 0. The van der Waals surface area contributed by atoms with E-state index in [9.17, 15) is 19.2 Å². The Morgan fingerprint density at radius 3 is 1.90 bits per heavy atom. The van der Waals surface area contributed by atoms with Crippen LogP contribution >= 0.6 is 0 Å². The molecule has 0 aliphatic heterocycles. The van der Waals surface area contributed by atoms with Crippen molar-refractivity contribution in [2.24, 2.45) is 38.7 Å². The summed E-state index contributed by atoms with van der Waals surface area (Å²) < 4.78 is 0. The van der Waals surface area contributed by atoms with Gasteiger partial charge < -0.3 is 49.6 Å². The van der Waals surface area contributed by atoms with E-state index in [0.29, 0.717) is 19.3 Å². The SMILES string of the molecule is CCCCCCCCCC(=O)N[C@@H](CCCN=C(N)N)C(=O)N[C@@H](Cc1c[nH]c2ccccc12)C(=O)N[C@@H](CCCN=C(N)N)C(N)=O. The molecule has 4 amide bonds. The maximum absolute atomic E-state index is 13.8. The number of carbonyl (C=O) groups excluding carboxylic acids is 4. The normalized spacial score (nSPS) is 12.8. The van der Waals surface area contributed by atoms with Gasteiger partial charge in [-0.3, -0.25) is 29.2 Å². The second kappa shape index (κ2) is 21.9. The first kappa shape index (κ1) is 39.4. The number of rotatable bonds is 24. The van der Waals surface area contributed by atoms with Crippen molar-refractivity contribution < 1.29 is 19.2 Å². The summed E-state index contributed by atoms with van der Waals surface area (Å²) in [6, 6.07) is 4.50. The lowest BCUT2D eigenvalue weighted by Gasteiger charge is -2.25. The van der Waals surface area contributed by atoms with E-state index in [0.717, 1.165) is 35.7 Å². The highest BCUT2D eigenvalue weighted by Gasteiger charge is 2.29. The van der Waals surface area contributed by atoms with Crippen molar-refractivity contribution in [1.29, 1.82) is 0 Å².